The number of benzene rings is 3. The molecule has 0 unspecified atom stereocenters. The summed E-state index contributed by atoms with van der Waals surface area (Å²) in [4.78, 5) is 5.25. The Balaban J connectivity index is 0.00000118. The van der Waals surface area contributed by atoms with Crippen molar-refractivity contribution < 1.29 is 10.2 Å². The molecule has 2 N–H and O–H groups in total. The molecule has 214 valence electrons. The van der Waals surface area contributed by atoms with Gasteiger partial charge in [0.05, 0.1) is 0 Å². The van der Waals surface area contributed by atoms with Crippen LogP contribution in [0.1, 0.15) is 81.9 Å². The van der Waals surface area contributed by atoms with Gasteiger partial charge in [0.2, 0.25) is 0 Å². The lowest BCUT2D eigenvalue weighted by Gasteiger charge is -2.41. The van der Waals surface area contributed by atoms with E-state index >= 15 is 0 Å². The van der Waals surface area contributed by atoms with Gasteiger partial charge in [0.25, 0.3) is 0 Å². The number of hydrogen-bond acceptors (Lipinski definition) is 4. The molecule has 0 spiro atoms. The number of nitrogens with zero attached hydrogens (tertiary/aromatic N) is 2. The van der Waals surface area contributed by atoms with Crippen LogP contribution in [0.25, 0.3) is 11.1 Å². The van der Waals surface area contributed by atoms with E-state index in [0.29, 0.717) is 6.42 Å². The predicted molar refractivity (Wildman–Crippen MR) is 170 cm³/mol. The van der Waals surface area contributed by atoms with E-state index in [9.17, 15) is 10.2 Å². The third-order valence-corrected chi connectivity index (χ3v) is 8.09. The first-order valence-corrected chi connectivity index (χ1v) is 15.4. The van der Waals surface area contributed by atoms with Crippen LogP contribution in [-0.4, -0.2) is 53.9 Å². The zero-order chi connectivity index (χ0) is 28.2. The summed E-state index contributed by atoms with van der Waals surface area (Å²) >= 11 is 0. The van der Waals surface area contributed by atoms with Crippen molar-refractivity contribution >= 4 is 16.8 Å². The van der Waals surface area contributed by atoms with Crippen molar-refractivity contribution in [2.75, 3.05) is 37.7 Å². The fourth-order valence-corrected chi connectivity index (χ4v) is 6.08. The van der Waals surface area contributed by atoms with E-state index in [0.717, 1.165) is 55.3 Å². The van der Waals surface area contributed by atoms with Crippen LogP contribution in [0.15, 0.2) is 78.9 Å². The molecule has 0 radical (unpaired) electrons. The van der Waals surface area contributed by atoms with E-state index in [1.807, 2.05) is 18.2 Å². The van der Waals surface area contributed by atoms with Gasteiger partial charge in [0.15, 0.2) is 0 Å². The molecule has 0 bridgehead atoms. The van der Waals surface area contributed by atoms with E-state index < -0.39 is 0 Å². The van der Waals surface area contributed by atoms with Crippen LogP contribution in [0.3, 0.4) is 0 Å². The highest BCUT2D eigenvalue weighted by molar-refractivity contribution is 5.98. The molecule has 3 aromatic carbocycles. The molecule has 3 aromatic rings. The second-order valence-electron chi connectivity index (χ2n) is 11.2. The summed E-state index contributed by atoms with van der Waals surface area (Å²) in [7, 11) is 0. The molecule has 1 heterocycles. The molecule has 0 amide bonds. The maximum absolute atomic E-state index is 9.93. The highest BCUT2D eigenvalue weighted by atomic mass is 16.3. The number of aliphatic hydroxyl groups is 1. The van der Waals surface area contributed by atoms with E-state index in [2.05, 4.69) is 72.2 Å². The van der Waals surface area contributed by atoms with Gasteiger partial charge in [-0.15, -0.1) is 0 Å². The molecular weight excluding hydrogens is 492 g/mol. The van der Waals surface area contributed by atoms with Crippen LogP contribution >= 0.6 is 0 Å². The predicted octanol–water partition coefficient (Wildman–Crippen LogP) is 7.99. The van der Waals surface area contributed by atoms with Gasteiger partial charge in [-0.1, -0.05) is 94.1 Å². The second kappa shape index (κ2) is 15.6. The van der Waals surface area contributed by atoms with Crippen LogP contribution in [-0.2, 0) is 0 Å². The average Bonchev–Trinajstić information content (AvgIpc) is 3.01. The van der Waals surface area contributed by atoms with Crippen molar-refractivity contribution in [3.63, 3.8) is 0 Å². The molecular formula is C36H48N2O2. The fraction of sp³-hybridized carbons (Fsp3) is 0.444. The van der Waals surface area contributed by atoms with Crippen LogP contribution in [0.4, 0.5) is 5.69 Å². The Kier molecular flexibility index (Phi) is 11.7. The van der Waals surface area contributed by atoms with Gasteiger partial charge in [-0.05, 0) is 77.8 Å². The number of anilines is 1. The smallest absolute Gasteiger partial charge is 0.115 e. The van der Waals surface area contributed by atoms with Crippen LogP contribution in [0.5, 0.6) is 5.75 Å². The molecule has 1 aliphatic heterocycles. The number of rotatable bonds is 8. The topological polar surface area (TPSA) is 46.9 Å². The number of aromatic hydroxyl groups is 1. The minimum atomic E-state index is 0.158. The summed E-state index contributed by atoms with van der Waals surface area (Å²) in [5.74, 6) is 0.266. The Morgan fingerprint density at radius 3 is 1.88 bits per heavy atom. The largest absolute Gasteiger partial charge is 0.508 e. The number of phenolic OH excluding ortho intramolecular Hbond substituents is 1. The standard InChI is InChI=1S/C33H40N2O2.C3H8/c36-25-7-12-32(26-8-3-1-4-9-26)33(28-15-19-31(37)20-16-28)27-13-17-30(18-14-27)35-23-21-34(22-24-35)29-10-5-2-6-11-29;1-3-2/h1,3-4,8-9,13-20,29,36-37H,2,5-7,10-12,21-25H2;3H2,1-2H3/b33-32+;. The lowest BCUT2D eigenvalue weighted by atomic mass is 9.87. The van der Waals surface area contributed by atoms with Crippen LogP contribution in [0, 0.1) is 0 Å². The Labute approximate surface area is 242 Å². The third kappa shape index (κ3) is 7.99. The summed E-state index contributed by atoms with van der Waals surface area (Å²) in [6.07, 6.45) is 9.69. The normalized spacial score (nSPS) is 17.1. The molecule has 0 atom stereocenters. The Morgan fingerprint density at radius 2 is 1.30 bits per heavy atom. The van der Waals surface area contributed by atoms with Crippen LogP contribution in [0.2, 0.25) is 0 Å². The zero-order valence-electron chi connectivity index (χ0n) is 24.6. The second-order valence-corrected chi connectivity index (χ2v) is 11.2. The minimum absolute atomic E-state index is 0.158. The lowest BCUT2D eigenvalue weighted by molar-refractivity contribution is 0.148. The quantitative estimate of drug-likeness (QED) is 0.284. The van der Waals surface area contributed by atoms with Crippen molar-refractivity contribution in [3.8, 4) is 5.75 Å². The molecule has 40 heavy (non-hydrogen) atoms. The van der Waals surface area contributed by atoms with E-state index in [-0.39, 0.29) is 12.4 Å². The molecule has 1 aliphatic carbocycles. The molecule has 1 saturated heterocycles. The van der Waals surface area contributed by atoms with Gasteiger partial charge in [0, 0.05) is 44.5 Å². The SMILES string of the molecule is CCC.OCCC/C(=C(\c1ccc(O)cc1)c1ccc(N2CCN(C3CCCCC3)CC2)cc1)c1ccccc1. The van der Waals surface area contributed by atoms with Crippen molar-refractivity contribution in [1.82, 2.24) is 4.90 Å². The summed E-state index contributed by atoms with van der Waals surface area (Å²) in [5.41, 5.74) is 7.06. The first-order valence-electron chi connectivity index (χ1n) is 15.4. The molecule has 2 fully saturated rings. The summed E-state index contributed by atoms with van der Waals surface area (Å²) in [5, 5.41) is 19.6. The number of hydrogen-bond donors (Lipinski definition) is 2. The van der Waals surface area contributed by atoms with Gasteiger partial charge in [-0.25, -0.2) is 0 Å². The first-order chi connectivity index (χ1) is 19.6. The number of allylic oxidation sites excluding steroid dienone is 1. The van der Waals surface area contributed by atoms with E-state index in [1.165, 1.54) is 55.3 Å². The van der Waals surface area contributed by atoms with Crippen molar-refractivity contribution in [2.45, 2.75) is 71.3 Å². The zero-order valence-corrected chi connectivity index (χ0v) is 24.6. The Bertz CT molecular complexity index is 1160. The summed E-state index contributed by atoms with van der Waals surface area (Å²) in [6.45, 7) is 8.89. The Morgan fingerprint density at radius 1 is 0.725 bits per heavy atom. The molecule has 2 aliphatic rings. The molecule has 0 aromatic heterocycles. The van der Waals surface area contributed by atoms with E-state index in [4.69, 9.17) is 0 Å². The maximum Gasteiger partial charge on any atom is 0.115 e. The highest BCUT2D eigenvalue weighted by Crippen LogP contribution is 2.36. The summed E-state index contributed by atoms with van der Waals surface area (Å²) in [6, 6.07) is 27.8. The number of piperazine rings is 1. The average molecular weight is 541 g/mol. The highest BCUT2D eigenvalue weighted by Gasteiger charge is 2.25. The van der Waals surface area contributed by atoms with Gasteiger partial charge in [-0.2, -0.15) is 0 Å². The van der Waals surface area contributed by atoms with E-state index in [1.54, 1.807) is 12.1 Å². The number of phenols is 1. The number of aliphatic hydroxyl groups excluding tert-OH is 1. The van der Waals surface area contributed by atoms with Gasteiger partial charge < -0.3 is 15.1 Å². The fourth-order valence-electron chi connectivity index (χ4n) is 6.08. The molecule has 1 saturated carbocycles. The van der Waals surface area contributed by atoms with Gasteiger partial charge in [-0.3, -0.25) is 4.90 Å². The molecule has 4 nitrogen and oxygen atoms in total. The minimum Gasteiger partial charge on any atom is -0.508 e. The maximum atomic E-state index is 9.93. The first kappa shape index (κ1) is 29.9. The monoisotopic (exact) mass is 540 g/mol. The van der Waals surface area contributed by atoms with Gasteiger partial charge >= 0.3 is 0 Å². The molecule has 5 rings (SSSR count). The van der Waals surface area contributed by atoms with Crippen molar-refractivity contribution in [1.29, 1.82) is 0 Å². The molecule has 4 heteroatoms. The Hall–Kier alpha value is -3.08. The summed E-state index contributed by atoms with van der Waals surface area (Å²) < 4.78 is 0. The van der Waals surface area contributed by atoms with Crippen LogP contribution < -0.4 is 4.90 Å². The van der Waals surface area contributed by atoms with Crippen molar-refractivity contribution in [3.05, 3.63) is 95.6 Å². The van der Waals surface area contributed by atoms with Crippen molar-refractivity contribution in [2.24, 2.45) is 0 Å². The third-order valence-electron chi connectivity index (χ3n) is 8.09. The lowest BCUT2D eigenvalue weighted by Crippen LogP contribution is -2.50. The van der Waals surface area contributed by atoms with Gasteiger partial charge in [0.1, 0.15) is 5.75 Å².